The van der Waals surface area contributed by atoms with Crippen molar-refractivity contribution < 1.29 is 28.6 Å². The average molecular weight is 1020 g/mol. The molecule has 0 aliphatic rings. The average Bonchev–Trinajstić information content (AvgIpc) is 3.39. The maximum atomic E-state index is 12.9. The molecule has 0 bridgehead atoms. The molecule has 0 fully saturated rings. The fraction of sp³-hybridized carbons (Fsp3) is 0.746. The number of hydrogen-bond donors (Lipinski definition) is 0. The Kier molecular flexibility index (Phi) is 58.3. The van der Waals surface area contributed by atoms with Crippen LogP contribution in [0.4, 0.5) is 0 Å². The largest absolute Gasteiger partial charge is 0.462 e. The summed E-state index contributed by atoms with van der Waals surface area (Å²) in [6.45, 7) is 6.57. The minimum atomic E-state index is -0.790. The van der Waals surface area contributed by atoms with Gasteiger partial charge in [0.2, 0.25) is 0 Å². The van der Waals surface area contributed by atoms with Crippen molar-refractivity contribution in [2.24, 2.45) is 0 Å². The molecule has 0 radical (unpaired) electrons. The van der Waals surface area contributed by atoms with Crippen LogP contribution in [0.15, 0.2) is 85.1 Å². The van der Waals surface area contributed by atoms with E-state index in [9.17, 15) is 14.4 Å². The minimum absolute atomic E-state index is 0.0862. The third-order valence-electron chi connectivity index (χ3n) is 13.3. The first kappa shape index (κ1) is 69.6. The van der Waals surface area contributed by atoms with Crippen molar-refractivity contribution in [3.8, 4) is 0 Å². The maximum Gasteiger partial charge on any atom is 0.306 e. The Labute approximate surface area is 452 Å². The van der Waals surface area contributed by atoms with Crippen molar-refractivity contribution in [1.29, 1.82) is 0 Å². The summed E-state index contributed by atoms with van der Waals surface area (Å²) >= 11 is 0. The van der Waals surface area contributed by atoms with Crippen molar-refractivity contribution in [2.75, 3.05) is 13.2 Å². The third kappa shape index (κ3) is 59.3. The van der Waals surface area contributed by atoms with E-state index in [1.54, 1.807) is 0 Å². The van der Waals surface area contributed by atoms with Gasteiger partial charge in [-0.3, -0.25) is 14.4 Å². The second-order valence-corrected chi connectivity index (χ2v) is 20.6. The summed E-state index contributed by atoms with van der Waals surface area (Å²) < 4.78 is 16.9. The maximum absolute atomic E-state index is 12.9. The molecule has 0 saturated carbocycles. The molecule has 6 nitrogen and oxygen atoms in total. The fourth-order valence-corrected chi connectivity index (χ4v) is 8.63. The molecular weight excluding hydrogens is 901 g/mol. The van der Waals surface area contributed by atoms with Gasteiger partial charge in [0, 0.05) is 19.3 Å². The van der Waals surface area contributed by atoms with Gasteiger partial charge in [0.25, 0.3) is 0 Å². The molecule has 0 aromatic carbocycles. The lowest BCUT2D eigenvalue weighted by Crippen LogP contribution is -2.30. The number of esters is 3. The van der Waals surface area contributed by atoms with Crippen molar-refractivity contribution >= 4 is 17.9 Å². The zero-order valence-corrected chi connectivity index (χ0v) is 48.1. The number of rotatable bonds is 56. The summed E-state index contributed by atoms with van der Waals surface area (Å²) in [5, 5.41) is 0. The van der Waals surface area contributed by atoms with Crippen molar-refractivity contribution in [3.05, 3.63) is 85.1 Å². The summed E-state index contributed by atoms with van der Waals surface area (Å²) in [5.41, 5.74) is 0. The van der Waals surface area contributed by atoms with Gasteiger partial charge in [0.05, 0.1) is 0 Å². The first-order valence-corrected chi connectivity index (χ1v) is 31.1. The zero-order chi connectivity index (χ0) is 52.9. The van der Waals surface area contributed by atoms with Crippen LogP contribution in [0.1, 0.15) is 303 Å². The van der Waals surface area contributed by atoms with Crippen molar-refractivity contribution in [1.82, 2.24) is 0 Å². The van der Waals surface area contributed by atoms with Gasteiger partial charge in [-0.2, -0.15) is 0 Å². The normalized spacial score (nSPS) is 12.6. The molecule has 0 spiro atoms. The minimum Gasteiger partial charge on any atom is -0.462 e. The van der Waals surface area contributed by atoms with Crippen LogP contribution in [-0.2, 0) is 28.6 Å². The predicted molar refractivity (Wildman–Crippen MR) is 316 cm³/mol. The summed E-state index contributed by atoms with van der Waals surface area (Å²) in [6, 6.07) is 0. The Morgan fingerprint density at radius 1 is 0.274 bits per heavy atom. The van der Waals surface area contributed by atoms with E-state index in [1.165, 1.54) is 167 Å². The van der Waals surface area contributed by atoms with Crippen molar-refractivity contribution in [3.63, 3.8) is 0 Å². The number of carbonyl (C=O) groups excluding carboxylic acids is 3. The lowest BCUT2D eigenvalue weighted by molar-refractivity contribution is -0.167. The molecule has 0 aromatic heterocycles. The molecular formula is C67H116O6. The lowest BCUT2D eigenvalue weighted by Gasteiger charge is -2.18. The van der Waals surface area contributed by atoms with Gasteiger partial charge in [-0.25, -0.2) is 0 Å². The molecule has 0 aromatic rings. The number of allylic oxidation sites excluding steroid dienone is 14. The highest BCUT2D eigenvalue weighted by molar-refractivity contribution is 5.71. The van der Waals surface area contributed by atoms with E-state index < -0.39 is 6.10 Å². The van der Waals surface area contributed by atoms with Crippen LogP contribution < -0.4 is 0 Å². The SMILES string of the molecule is CCCCC/C=C\C/C=C\C/C=C\CCCCCCCCC(=O)OC[C@@H](COC(=O)CCCCCCCCC/C=C\C/C=C\CCCCC)OC(=O)CCCCCCCCCCC/C=C\C/C=C\CCCCC. The molecule has 0 aliphatic heterocycles. The Morgan fingerprint density at radius 3 is 0.767 bits per heavy atom. The molecule has 0 heterocycles. The van der Waals surface area contributed by atoms with Gasteiger partial charge in [0.15, 0.2) is 6.10 Å². The van der Waals surface area contributed by atoms with E-state index in [2.05, 4.69) is 106 Å². The Bertz CT molecular complexity index is 1400. The first-order chi connectivity index (χ1) is 36.0. The predicted octanol–water partition coefficient (Wildman–Crippen LogP) is 21.1. The van der Waals surface area contributed by atoms with E-state index in [1.807, 2.05) is 0 Å². The van der Waals surface area contributed by atoms with E-state index in [0.717, 1.165) is 96.3 Å². The Balaban J connectivity index is 4.42. The molecule has 0 amide bonds. The van der Waals surface area contributed by atoms with Crippen LogP contribution in [0.3, 0.4) is 0 Å². The van der Waals surface area contributed by atoms with Crippen molar-refractivity contribution in [2.45, 2.75) is 309 Å². The van der Waals surface area contributed by atoms with Crippen LogP contribution in [0.2, 0.25) is 0 Å². The van der Waals surface area contributed by atoms with E-state index in [0.29, 0.717) is 19.3 Å². The van der Waals surface area contributed by atoms with Gasteiger partial charge in [-0.1, -0.05) is 247 Å². The van der Waals surface area contributed by atoms with Gasteiger partial charge < -0.3 is 14.2 Å². The molecule has 0 aliphatic carbocycles. The highest BCUT2D eigenvalue weighted by Gasteiger charge is 2.19. The van der Waals surface area contributed by atoms with Crippen LogP contribution in [0.5, 0.6) is 0 Å². The fourth-order valence-electron chi connectivity index (χ4n) is 8.63. The highest BCUT2D eigenvalue weighted by Crippen LogP contribution is 2.15. The quantitative estimate of drug-likeness (QED) is 0.0261. The second-order valence-electron chi connectivity index (χ2n) is 20.6. The Hall–Kier alpha value is -3.41. The number of carbonyl (C=O) groups is 3. The summed E-state index contributed by atoms with van der Waals surface area (Å²) in [7, 11) is 0. The molecule has 6 heteroatoms. The molecule has 0 saturated heterocycles. The molecule has 0 unspecified atom stereocenters. The molecule has 420 valence electrons. The highest BCUT2D eigenvalue weighted by atomic mass is 16.6. The first-order valence-electron chi connectivity index (χ1n) is 31.1. The zero-order valence-electron chi connectivity index (χ0n) is 48.1. The third-order valence-corrected chi connectivity index (χ3v) is 13.3. The second kappa shape index (κ2) is 61.1. The van der Waals surface area contributed by atoms with Crippen LogP contribution >= 0.6 is 0 Å². The summed E-state index contributed by atoms with van der Waals surface area (Å²) in [6.07, 6.45) is 79.9. The molecule has 0 N–H and O–H groups in total. The monoisotopic (exact) mass is 1020 g/mol. The number of unbranched alkanes of at least 4 members (excludes halogenated alkanes) is 31. The van der Waals surface area contributed by atoms with Gasteiger partial charge in [-0.15, -0.1) is 0 Å². The number of hydrogen-bond acceptors (Lipinski definition) is 6. The number of ether oxygens (including phenoxy) is 3. The summed E-state index contributed by atoms with van der Waals surface area (Å²) in [5.74, 6) is -0.900. The van der Waals surface area contributed by atoms with E-state index in [-0.39, 0.29) is 31.1 Å². The van der Waals surface area contributed by atoms with E-state index in [4.69, 9.17) is 14.2 Å². The van der Waals surface area contributed by atoms with Gasteiger partial charge in [-0.05, 0) is 122 Å². The van der Waals surface area contributed by atoms with Crippen LogP contribution in [0.25, 0.3) is 0 Å². The topological polar surface area (TPSA) is 78.9 Å². The lowest BCUT2D eigenvalue weighted by atomic mass is 10.1. The molecule has 1 atom stereocenters. The Morgan fingerprint density at radius 2 is 0.493 bits per heavy atom. The smallest absolute Gasteiger partial charge is 0.306 e. The van der Waals surface area contributed by atoms with E-state index >= 15 is 0 Å². The van der Waals surface area contributed by atoms with Crippen LogP contribution in [-0.4, -0.2) is 37.2 Å². The van der Waals surface area contributed by atoms with Gasteiger partial charge in [0.1, 0.15) is 13.2 Å². The van der Waals surface area contributed by atoms with Crippen LogP contribution in [0, 0.1) is 0 Å². The molecule has 0 rings (SSSR count). The molecule has 73 heavy (non-hydrogen) atoms. The summed E-state index contributed by atoms with van der Waals surface area (Å²) in [4.78, 5) is 38.3. The van der Waals surface area contributed by atoms with Gasteiger partial charge >= 0.3 is 17.9 Å². The standard InChI is InChI=1S/C67H116O6/c1-4-7-10-13-16-19-22-25-28-31-33-36-39-42-45-48-51-54-57-60-66(69)72-63-64(62-71-65(68)59-56-53-50-47-44-41-38-35-30-27-24-21-18-15-12-9-6-3)73-67(70)61-58-55-52-49-46-43-40-37-34-32-29-26-23-20-17-14-11-8-5-2/h16-21,25-30,33,36,64H,4-15,22-24,31-32,34-35,37-63H2,1-3H3/b19-16-,20-17-,21-18-,28-25-,29-26-,30-27-,36-33-/t64-/m1/s1.